The molecule has 2 unspecified atom stereocenters. The zero-order valence-electron chi connectivity index (χ0n) is 17.6. The number of rotatable bonds is 5. The third-order valence-corrected chi connectivity index (χ3v) is 8.03. The fourth-order valence-electron chi connectivity index (χ4n) is 6.36. The van der Waals surface area contributed by atoms with Crippen molar-refractivity contribution in [1.82, 2.24) is 15.1 Å². The molecule has 4 aliphatic rings. The molecule has 1 N–H and O–H groups in total. The number of piperidine rings is 2. The first-order chi connectivity index (χ1) is 13.6. The van der Waals surface area contributed by atoms with Gasteiger partial charge in [0.05, 0.1) is 12.5 Å². The number of hydrogen-bond acceptors (Lipinski definition) is 5. The van der Waals surface area contributed by atoms with E-state index < -0.39 is 0 Å². The van der Waals surface area contributed by atoms with Crippen molar-refractivity contribution in [3.8, 4) is 0 Å². The molecule has 28 heavy (non-hydrogen) atoms. The van der Waals surface area contributed by atoms with Gasteiger partial charge in [-0.05, 0) is 71.4 Å². The van der Waals surface area contributed by atoms with Crippen molar-refractivity contribution < 1.29 is 14.3 Å². The van der Waals surface area contributed by atoms with Gasteiger partial charge in [0.25, 0.3) is 0 Å². The highest BCUT2D eigenvalue weighted by Crippen LogP contribution is 2.52. The van der Waals surface area contributed by atoms with Gasteiger partial charge in [0, 0.05) is 43.6 Å². The summed E-state index contributed by atoms with van der Waals surface area (Å²) in [5.74, 6) is 1.24. The summed E-state index contributed by atoms with van der Waals surface area (Å²) in [6, 6.07) is 0.604. The molecule has 1 spiro atoms. The second kappa shape index (κ2) is 8.31. The first-order valence-electron chi connectivity index (χ1n) is 11.5. The van der Waals surface area contributed by atoms with Gasteiger partial charge >= 0.3 is 5.97 Å². The average molecular weight is 392 g/mol. The van der Waals surface area contributed by atoms with E-state index in [1.807, 2.05) is 6.92 Å². The van der Waals surface area contributed by atoms with E-state index in [0.29, 0.717) is 24.5 Å². The SMILES string of the molecule is CCOC(=O)C1CNCC12CC(N1CCC(C3CCCN(CC)C3=O)CC1)C2. The summed E-state index contributed by atoms with van der Waals surface area (Å²) in [4.78, 5) is 29.7. The van der Waals surface area contributed by atoms with E-state index in [1.54, 1.807) is 0 Å². The van der Waals surface area contributed by atoms with E-state index in [-0.39, 0.29) is 23.2 Å². The Morgan fingerprint density at radius 3 is 2.61 bits per heavy atom. The minimum Gasteiger partial charge on any atom is -0.466 e. The highest BCUT2D eigenvalue weighted by molar-refractivity contribution is 5.79. The van der Waals surface area contributed by atoms with Gasteiger partial charge in [0.15, 0.2) is 0 Å². The van der Waals surface area contributed by atoms with E-state index in [2.05, 4.69) is 22.0 Å². The summed E-state index contributed by atoms with van der Waals surface area (Å²) in [5.41, 5.74) is 0.120. The van der Waals surface area contributed by atoms with Crippen LogP contribution in [0.3, 0.4) is 0 Å². The standard InChI is InChI=1S/C22H37N3O3/c1-3-24-9-5-6-18(20(24)26)16-7-10-25(11-8-16)17-12-22(13-17)15-23-14-19(22)21(27)28-4-2/h16-19,23H,3-15H2,1-2H3. The second-order valence-corrected chi connectivity index (χ2v) is 9.40. The Morgan fingerprint density at radius 1 is 1.18 bits per heavy atom. The summed E-state index contributed by atoms with van der Waals surface area (Å²) in [7, 11) is 0. The number of hydrogen-bond donors (Lipinski definition) is 1. The van der Waals surface area contributed by atoms with Gasteiger partial charge in [0.1, 0.15) is 0 Å². The minimum atomic E-state index is -0.0130. The lowest BCUT2D eigenvalue weighted by atomic mass is 9.59. The number of esters is 1. The molecule has 1 aliphatic carbocycles. The van der Waals surface area contributed by atoms with Gasteiger partial charge in [-0.3, -0.25) is 9.59 Å². The van der Waals surface area contributed by atoms with Crippen LogP contribution in [0.15, 0.2) is 0 Å². The third-order valence-electron chi connectivity index (χ3n) is 8.03. The average Bonchev–Trinajstić information content (AvgIpc) is 3.13. The predicted molar refractivity (Wildman–Crippen MR) is 108 cm³/mol. The maximum Gasteiger partial charge on any atom is 0.310 e. The number of carbonyl (C=O) groups excluding carboxylic acids is 2. The van der Waals surface area contributed by atoms with Crippen LogP contribution in [-0.4, -0.2) is 73.6 Å². The van der Waals surface area contributed by atoms with Crippen molar-refractivity contribution in [1.29, 1.82) is 0 Å². The van der Waals surface area contributed by atoms with Crippen LogP contribution < -0.4 is 5.32 Å². The van der Waals surface area contributed by atoms with Crippen molar-refractivity contribution in [2.45, 2.75) is 58.4 Å². The van der Waals surface area contributed by atoms with Crippen LogP contribution in [0.5, 0.6) is 0 Å². The molecule has 6 heteroatoms. The van der Waals surface area contributed by atoms with Crippen LogP contribution in [0.2, 0.25) is 0 Å². The molecule has 1 amide bonds. The van der Waals surface area contributed by atoms with E-state index in [4.69, 9.17) is 4.74 Å². The molecule has 0 aromatic rings. The van der Waals surface area contributed by atoms with Gasteiger partial charge in [-0.1, -0.05) is 0 Å². The highest BCUT2D eigenvalue weighted by Gasteiger charge is 2.56. The Bertz CT molecular complexity index is 582. The fourth-order valence-corrected chi connectivity index (χ4v) is 6.36. The van der Waals surface area contributed by atoms with E-state index in [1.165, 1.54) is 0 Å². The first-order valence-corrected chi connectivity index (χ1v) is 11.5. The molecule has 1 saturated carbocycles. The Morgan fingerprint density at radius 2 is 1.93 bits per heavy atom. The lowest BCUT2D eigenvalue weighted by Gasteiger charge is -2.53. The summed E-state index contributed by atoms with van der Waals surface area (Å²) in [6.45, 7) is 10.2. The van der Waals surface area contributed by atoms with E-state index in [9.17, 15) is 9.59 Å². The molecule has 4 rings (SSSR count). The monoisotopic (exact) mass is 391 g/mol. The van der Waals surface area contributed by atoms with Gasteiger partial charge in [-0.15, -0.1) is 0 Å². The molecule has 3 heterocycles. The molecule has 4 fully saturated rings. The number of nitrogens with zero attached hydrogens (tertiary/aromatic N) is 2. The molecule has 3 aliphatic heterocycles. The van der Waals surface area contributed by atoms with Crippen molar-refractivity contribution in [3.05, 3.63) is 0 Å². The molecular formula is C22H37N3O3. The van der Waals surface area contributed by atoms with Crippen LogP contribution in [-0.2, 0) is 14.3 Å². The molecule has 2 atom stereocenters. The predicted octanol–water partition coefficient (Wildman–Crippen LogP) is 1.89. The lowest BCUT2D eigenvalue weighted by molar-refractivity contribution is -0.155. The maximum absolute atomic E-state index is 12.7. The minimum absolute atomic E-state index is 0.0130. The Kier molecular flexibility index (Phi) is 5.98. The Labute approximate surface area is 169 Å². The van der Waals surface area contributed by atoms with E-state index >= 15 is 0 Å². The summed E-state index contributed by atoms with van der Waals surface area (Å²) in [6.07, 6.45) is 6.77. The molecule has 0 aromatic heterocycles. The van der Waals surface area contributed by atoms with Gasteiger partial charge in [-0.25, -0.2) is 0 Å². The summed E-state index contributed by atoms with van der Waals surface area (Å²) >= 11 is 0. The summed E-state index contributed by atoms with van der Waals surface area (Å²) < 4.78 is 5.32. The zero-order valence-corrected chi connectivity index (χ0v) is 17.6. The van der Waals surface area contributed by atoms with Crippen molar-refractivity contribution >= 4 is 11.9 Å². The van der Waals surface area contributed by atoms with Crippen LogP contribution in [0.4, 0.5) is 0 Å². The van der Waals surface area contributed by atoms with Gasteiger partial charge in [-0.2, -0.15) is 0 Å². The van der Waals surface area contributed by atoms with E-state index in [0.717, 1.165) is 77.8 Å². The fraction of sp³-hybridized carbons (Fsp3) is 0.909. The van der Waals surface area contributed by atoms with Crippen LogP contribution in [0.1, 0.15) is 52.4 Å². The molecule has 158 valence electrons. The topological polar surface area (TPSA) is 61.9 Å². The number of nitrogens with one attached hydrogen (secondary N) is 1. The number of ether oxygens (including phenoxy) is 1. The number of carbonyl (C=O) groups is 2. The smallest absolute Gasteiger partial charge is 0.310 e. The van der Waals surface area contributed by atoms with Crippen molar-refractivity contribution in [3.63, 3.8) is 0 Å². The van der Waals surface area contributed by atoms with Crippen LogP contribution in [0.25, 0.3) is 0 Å². The molecular weight excluding hydrogens is 354 g/mol. The first kappa shape index (κ1) is 20.1. The van der Waals surface area contributed by atoms with Crippen molar-refractivity contribution in [2.24, 2.45) is 23.2 Å². The second-order valence-electron chi connectivity index (χ2n) is 9.40. The summed E-state index contributed by atoms with van der Waals surface area (Å²) in [5, 5.41) is 3.43. The quantitative estimate of drug-likeness (QED) is 0.725. The molecule has 3 saturated heterocycles. The largest absolute Gasteiger partial charge is 0.466 e. The molecule has 6 nitrogen and oxygen atoms in total. The zero-order chi connectivity index (χ0) is 19.7. The highest BCUT2D eigenvalue weighted by atomic mass is 16.5. The number of amides is 1. The lowest BCUT2D eigenvalue weighted by Crippen LogP contribution is -2.57. The van der Waals surface area contributed by atoms with Gasteiger partial charge < -0.3 is 19.9 Å². The molecule has 0 aromatic carbocycles. The van der Waals surface area contributed by atoms with Crippen LogP contribution in [0, 0.1) is 23.2 Å². The normalized spacial score (nSPS) is 37.3. The Hall–Kier alpha value is -1.14. The number of likely N-dealkylation sites (tertiary alicyclic amines) is 2. The molecule has 0 radical (unpaired) electrons. The van der Waals surface area contributed by atoms with Crippen LogP contribution >= 0.6 is 0 Å². The van der Waals surface area contributed by atoms with Crippen molar-refractivity contribution in [2.75, 3.05) is 45.9 Å². The molecule has 0 bridgehead atoms. The van der Waals surface area contributed by atoms with Gasteiger partial charge in [0.2, 0.25) is 5.91 Å². The maximum atomic E-state index is 12.7. The Balaban J connectivity index is 1.28. The third kappa shape index (κ3) is 3.58.